The van der Waals surface area contributed by atoms with Crippen LogP contribution in [0.5, 0.6) is 5.75 Å². The molecule has 0 saturated carbocycles. The first-order chi connectivity index (χ1) is 16.3. The number of hydrogen-bond donors (Lipinski definition) is 2. The van der Waals surface area contributed by atoms with Gasteiger partial charge in [0, 0.05) is 10.0 Å². The van der Waals surface area contributed by atoms with Crippen LogP contribution in [0.2, 0.25) is 10.0 Å². The van der Waals surface area contributed by atoms with Crippen LogP contribution < -0.4 is 5.43 Å². The van der Waals surface area contributed by atoms with E-state index in [-0.39, 0.29) is 17.0 Å². The van der Waals surface area contributed by atoms with E-state index in [4.69, 9.17) is 23.2 Å². The van der Waals surface area contributed by atoms with Crippen molar-refractivity contribution in [2.75, 3.05) is 0 Å². The van der Waals surface area contributed by atoms with E-state index in [0.29, 0.717) is 21.2 Å². The minimum absolute atomic E-state index is 0.0763. The maximum absolute atomic E-state index is 13.5. The third kappa shape index (κ3) is 5.60. The summed E-state index contributed by atoms with van der Waals surface area (Å²) >= 11 is 11.8. The molecular weight excluding hydrogens is 475 g/mol. The van der Waals surface area contributed by atoms with Crippen molar-refractivity contribution in [1.29, 1.82) is 10.5 Å². The number of carbonyl (C=O) groups is 2. The van der Waals surface area contributed by atoms with Crippen molar-refractivity contribution in [3.8, 4) is 17.9 Å². The van der Waals surface area contributed by atoms with Gasteiger partial charge in [-0.2, -0.15) is 15.6 Å². The van der Waals surface area contributed by atoms with Crippen molar-refractivity contribution in [2.45, 2.75) is 11.8 Å². The number of aromatic hydroxyl groups is 1. The summed E-state index contributed by atoms with van der Waals surface area (Å²) in [6.07, 6.45) is 0. The van der Waals surface area contributed by atoms with E-state index in [1.165, 1.54) is 36.4 Å². The number of Topliss-reactive ketones (excluding diaryl/α,β-unsaturated/α-hetero) is 1. The van der Waals surface area contributed by atoms with Crippen LogP contribution >= 0.6 is 23.2 Å². The lowest BCUT2D eigenvalue weighted by atomic mass is 9.86. The number of carbonyl (C=O) groups excluding carboxylic acids is 2. The third-order valence-electron chi connectivity index (χ3n) is 4.88. The molecule has 0 bridgehead atoms. The molecule has 1 amide bonds. The van der Waals surface area contributed by atoms with Crippen molar-refractivity contribution in [3.63, 3.8) is 0 Å². The topological polar surface area (TPSA) is 126 Å². The van der Waals surface area contributed by atoms with Gasteiger partial charge in [0.15, 0.2) is 0 Å². The van der Waals surface area contributed by atoms with E-state index >= 15 is 0 Å². The van der Waals surface area contributed by atoms with E-state index in [1.807, 2.05) is 12.1 Å². The molecule has 168 valence electrons. The minimum Gasteiger partial charge on any atom is -0.507 e. The smallest absolute Gasteiger partial charge is 0.275 e. The molecule has 2 unspecified atom stereocenters. The lowest BCUT2D eigenvalue weighted by Crippen LogP contribution is -2.31. The van der Waals surface area contributed by atoms with Gasteiger partial charge in [0.1, 0.15) is 23.3 Å². The van der Waals surface area contributed by atoms with E-state index < -0.39 is 23.5 Å². The number of hydrazone groups is 1. The Morgan fingerprint density at radius 1 is 0.824 bits per heavy atom. The Morgan fingerprint density at radius 2 is 1.32 bits per heavy atom. The van der Waals surface area contributed by atoms with Crippen LogP contribution in [0.3, 0.4) is 0 Å². The number of halogens is 2. The zero-order chi connectivity index (χ0) is 24.7. The van der Waals surface area contributed by atoms with Crippen LogP contribution in [-0.2, 0) is 4.79 Å². The number of para-hydroxylation sites is 1. The second kappa shape index (κ2) is 11.1. The molecule has 34 heavy (non-hydrogen) atoms. The molecule has 0 aliphatic carbocycles. The summed E-state index contributed by atoms with van der Waals surface area (Å²) in [7, 11) is 0. The largest absolute Gasteiger partial charge is 0.507 e. The second-order valence-corrected chi connectivity index (χ2v) is 7.92. The summed E-state index contributed by atoms with van der Waals surface area (Å²) in [6.45, 7) is 0. The van der Waals surface area contributed by atoms with Crippen molar-refractivity contribution < 1.29 is 14.7 Å². The highest BCUT2D eigenvalue weighted by Gasteiger charge is 2.32. The van der Waals surface area contributed by atoms with E-state index in [0.717, 1.165) is 0 Å². The maximum atomic E-state index is 13.5. The maximum Gasteiger partial charge on any atom is 0.275 e. The average molecular weight is 491 g/mol. The molecule has 0 aliphatic heterocycles. The molecule has 0 aromatic heterocycles. The molecule has 2 atom stereocenters. The predicted octanol–water partition coefficient (Wildman–Crippen LogP) is 4.97. The fraction of sp³-hybridized carbons (Fsp3) is 0.0800. The molecule has 0 radical (unpaired) electrons. The Hall–Kier alpha value is -4.17. The molecule has 3 rings (SSSR count). The molecule has 0 heterocycles. The van der Waals surface area contributed by atoms with Crippen molar-refractivity contribution in [1.82, 2.24) is 5.43 Å². The fourth-order valence-corrected chi connectivity index (χ4v) is 3.39. The summed E-state index contributed by atoms with van der Waals surface area (Å²) in [5.74, 6) is -4.37. The second-order valence-electron chi connectivity index (χ2n) is 7.05. The van der Waals surface area contributed by atoms with Crippen molar-refractivity contribution >= 4 is 40.6 Å². The Labute approximate surface area is 205 Å². The van der Waals surface area contributed by atoms with Gasteiger partial charge in [-0.05, 0) is 47.5 Å². The molecule has 9 heteroatoms. The van der Waals surface area contributed by atoms with Gasteiger partial charge in [-0.25, -0.2) is 5.43 Å². The Kier molecular flexibility index (Phi) is 8.00. The van der Waals surface area contributed by atoms with Gasteiger partial charge >= 0.3 is 0 Å². The lowest BCUT2D eigenvalue weighted by Gasteiger charge is -2.16. The number of amides is 1. The summed E-state index contributed by atoms with van der Waals surface area (Å²) < 4.78 is 0. The predicted molar refractivity (Wildman–Crippen MR) is 128 cm³/mol. The van der Waals surface area contributed by atoms with Crippen LogP contribution in [0.4, 0.5) is 0 Å². The van der Waals surface area contributed by atoms with E-state index in [9.17, 15) is 25.2 Å². The van der Waals surface area contributed by atoms with Crippen LogP contribution in [0, 0.1) is 22.7 Å². The first-order valence-electron chi connectivity index (χ1n) is 9.86. The van der Waals surface area contributed by atoms with Gasteiger partial charge in [-0.1, -0.05) is 59.6 Å². The van der Waals surface area contributed by atoms with Gasteiger partial charge in [-0.15, -0.1) is 0 Å². The number of benzene rings is 3. The molecule has 3 aromatic rings. The van der Waals surface area contributed by atoms with Gasteiger partial charge in [0.2, 0.25) is 5.78 Å². The number of phenolic OH excluding ortho intramolecular Hbond substituents is 1. The number of ketones is 1. The zero-order valence-corrected chi connectivity index (χ0v) is 19.0. The van der Waals surface area contributed by atoms with Gasteiger partial charge in [-0.3, -0.25) is 9.59 Å². The molecule has 3 aromatic carbocycles. The van der Waals surface area contributed by atoms with E-state index in [1.54, 1.807) is 36.4 Å². The first-order valence-corrected chi connectivity index (χ1v) is 10.6. The highest BCUT2D eigenvalue weighted by Crippen LogP contribution is 2.26. The number of nitrogens with zero attached hydrogens (tertiary/aromatic N) is 3. The number of hydrogen-bond acceptors (Lipinski definition) is 6. The zero-order valence-electron chi connectivity index (χ0n) is 17.4. The molecule has 0 spiro atoms. The van der Waals surface area contributed by atoms with Crippen LogP contribution in [0.25, 0.3) is 0 Å². The van der Waals surface area contributed by atoms with Gasteiger partial charge in [0.25, 0.3) is 5.91 Å². The molecule has 0 saturated heterocycles. The number of nitriles is 2. The quantitative estimate of drug-likeness (QED) is 0.357. The molecule has 0 fully saturated rings. The Bertz CT molecular complexity index is 1320. The number of nitrogens with one attached hydrogen (secondary N) is 1. The minimum atomic E-state index is -1.30. The van der Waals surface area contributed by atoms with Gasteiger partial charge < -0.3 is 5.11 Å². The first kappa shape index (κ1) is 24.5. The summed E-state index contributed by atoms with van der Waals surface area (Å²) in [6, 6.07) is 22.0. The van der Waals surface area contributed by atoms with Crippen LogP contribution in [-0.4, -0.2) is 22.5 Å². The Morgan fingerprint density at radius 3 is 1.82 bits per heavy atom. The lowest BCUT2D eigenvalue weighted by molar-refractivity contribution is -0.113. The molecule has 7 nitrogen and oxygen atoms in total. The van der Waals surface area contributed by atoms with Crippen LogP contribution in [0.1, 0.15) is 33.3 Å². The number of rotatable bonds is 7. The van der Waals surface area contributed by atoms with Gasteiger partial charge in [0.05, 0.1) is 17.7 Å². The average Bonchev–Trinajstić information content (AvgIpc) is 2.84. The molecule has 2 N–H and O–H groups in total. The fourth-order valence-electron chi connectivity index (χ4n) is 3.14. The van der Waals surface area contributed by atoms with Crippen molar-refractivity contribution in [2.24, 2.45) is 5.10 Å². The molecule has 0 aliphatic rings. The van der Waals surface area contributed by atoms with Crippen molar-refractivity contribution in [3.05, 3.63) is 99.5 Å². The Balaban J connectivity index is 2.04. The summed E-state index contributed by atoms with van der Waals surface area (Å²) in [5, 5.41) is 34.3. The monoisotopic (exact) mass is 490 g/mol. The van der Waals surface area contributed by atoms with E-state index in [2.05, 4.69) is 10.5 Å². The highest BCUT2D eigenvalue weighted by atomic mass is 35.5. The third-order valence-corrected chi connectivity index (χ3v) is 5.38. The SMILES string of the molecule is N#CC(C(=O)C(=NNC(=O)c1ccccc1O)C(C#N)c1ccc(Cl)cc1)c1ccc(Cl)cc1. The summed E-state index contributed by atoms with van der Waals surface area (Å²) in [5.41, 5.74) is 2.53. The summed E-state index contributed by atoms with van der Waals surface area (Å²) in [4.78, 5) is 26.0. The highest BCUT2D eigenvalue weighted by molar-refractivity contribution is 6.45. The standard InChI is InChI=1S/C25H16Cl2N4O3/c26-17-9-5-15(6-10-17)20(13-28)23(30-31-25(34)19-3-1-2-4-22(19)32)24(33)21(14-29)16-7-11-18(27)12-8-16/h1-12,20-21,32H,(H,31,34). The van der Waals surface area contributed by atoms with Crippen LogP contribution in [0.15, 0.2) is 77.9 Å². The normalized spacial score (nSPS) is 12.6. The number of phenols is 1. The molecular formula is C25H16Cl2N4O3.